The topological polar surface area (TPSA) is 50.8 Å². The van der Waals surface area contributed by atoms with Crippen molar-refractivity contribution in [3.63, 3.8) is 0 Å². The number of para-hydroxylation sites is 1. The van der Waals surface area contributed by atoms with Gasteiger partial charge in [0.15, 0.2) is 11.5 Å². The van der Waals surface area contributed by atoms with Gasteiger partial charge in [0.25, 0.3) is 0 Å². The van der Waals surface area contributed by atoms with Crippen molar-refractivity contribution in [2.24, 2.45) is 5.92 Å². The summed E-state index contributed by atoms with van der Waals surface area (Å²) in [4.78, 5) is 13.9. The van der Waals surface area contributed by atoms with Gasteiger partial charge in [0.05, 0.1) is 13.7 Å². The predicted octanol–water partition coefficient (Wildman–Crippen LogP) is 2.05. The van der Waals surface area contributed by atoms with Crippen LogP contribution in [0.25, 0.3) is 0 Å². The molecule has 0 aliphatic carbocycles. The fourth-order valence-electron chi connectivity index (χ4n) is 3.01. The molecule has 1 aromatic rings. The number of ether oxygens (including phenoxy) is 2. The minimum atomic E-state index is 0.0592. The largest absolute Gasteiger partial charge is 0.493 e. The highest BCUT2D eigenvalue weighted by molar-refractivity contribution is 5.74. The van der Waals surface area contributed by atoms with Gasteiger partial charge in [0.2, 0.25) is 0 Å². The first kappa shape index (κ1) is 14.0. The molecule has 2 aliphatic rings. The predicted molar refractivity (Wildman–Crippen MR) is 79.9 cm³/mol. The quantitative estimate of drug-likeness (QED) is 0.927. The maximum atomic E-state index is 12.0. The lowest BCUT2D eigenvalue weighted by Crippen LogP contribution is -2.42. The highest BCUT2D eigenvalue weighted by Crippen LogP contribution is 2.35. The van der Waals surface area contributed by atoms with Crippen molar-refractivity contribution < 1.29 is 14.3 Å². The Morgan fingerprint density at radius 3 is 3.00 bits per heavy atom. The van der Waals surface area contributed by atoms with Crippen LogP contribution in [0.15, 0.2) is 18.2 Å². The zero-order valence-corrected chi connectivity index (χ0v) is 12.4. The van der Waals surface area contributed by atoms with Crippen molar-refractivity contribution in [1.29, 1.82) is 0 Å². The summed E-state index contributed by atoms with van der Waals surface area (Å²) in [5, 5.41) is 3.03. The van der Waals surface area contributed by atoms with Crippen LogP contribution in [0, 0.1) is 5.92 Å². The number of benzene rings is 1. The zero-order chi connectivity index (χ0) is 14.7. The summed E-state index contributed by atoms with van der Waals surface area (Å²) in [6.07, 6.45) is 3.15. The van der Waals surface area contributed by atoms with Gasteiger partial charge in [-0.1, -0.05) is 12.1 Å². The SMILES string of the molecule is COc1cccc2c1OC[C@@H](CNC(=O)N1CCCC1)C2. The van der Waals surface area contributed by atoms with Gasteiger partial charge in [-0.25, -0.2) is 4.79 Å². The van der Waals surface area contributed by atoms with Gasteiger partial charge in [-0.3, -0.25) is 0 Å². The third-order valence-electron chi connectivity index (χ3n) is 4.19. The van der Waals surface area contributed by atoms with Crippen molar-refractivity contribution in [3.05, 3.63) is 23.8 Å². The summed E-state index contributed by atoms with van der Waals surface area (Å²) < 4.78 is 11.1. The second-order valence-corrected chi connectivity index (χ2v) is 5.71. The van der Waals surface area contributed by atoms with Crippen LogP contribution in [0.2, 0.25) is 0 Å². The Morgan fingerprint density at radius 2 is 2.24 bits per heavy atom. The van der Waals surface area contributed by atoms with E-state index in [1.165, 1.54) is 0 Å². The van der Waals surface area contributed by atoms with Gasteiger partial charge in [-0.05, 0) is 30.9 Å². The first-order valence-corrected chi connectivity index (χ1v) is 7.59. The monoisotopic (exact) mass is 290 g/mol. The van der Waals surface area contributed by atoms with Gasteiger partial charge in [0.1, 0.15) is 0 Å². The van der Waals surface area contributed by atoms with Crippen LogP contribution < -0.4 is 14.8 Å². The number of rotatable bonds is 3. The molecule has 5 nitrogen and oxygen atoms in total. The molecule has 0 saturated carbocycles. The molecular formula is C16H22N2O3. The first-order chi connectivity index (χ1) is 10.3. The molecule has 2 amide bonds. The molecule has 1 fully saturated rings. The maximum Gasteiger partial charge on any atom is 0.317 e. The maximum absolute atomic E-state index is 12.0. The summed E-state index contributed by atoms with van der Waals surface area (Å²) in [6, 6.07) is 6.01. The summed E-state index contributed by atoms with van der Waals surface area (Å²) in [5.74, 6) is 1.95. The molecule has 5 heteroatoms. The Labute approximate surface area is 125 Å². The molecule has 1 N–H and O–H groups in total. The van der Waals surface area contributed by atoms with Gasteiger partial charge in [-0.2, -0.15) is 0 Å². The first-order valence-electron chi connectivity index (χ1n) is 7.59. The molecule has 0 bridgehead atoms. The number of methoxy groups -OCH3 is 1. The number of nitrogens with zero attached hydrogens (tertiary/aromatic N) is 1. The molecule has 21 heavy (non-hydrogen) atoms. The smallest absolute Gasteiger partial charge is 0.317 e. The molecule has 2 heterocycles. The Hall–Kier alpha value is -1.91. The molecule has 0 spiro atoms. The number of hydrogen-bond donors (Lipinski definition) is 1. The molecular weight excluding hydrogens is 268 g/mol. The van der Waals surface area contributed by atoms with E-state index in [4.69, 9.17) is 9.47 Å². The van der Waals surface area contributed by atoms with Gasteiger partial charge in [-0.15, -0.1) is 0 Å². The van der Waals surface area contributed by atoms with Crippen LogP contribution in [0.1, 0.15) is 18.4 Å². The lowest BCUT2D eigenvalue weighted by Gasteiger charge is -2.27. The average Bonchev–Trinajstić information content (AvgIpc) is 3.06. The second-order valence-electron chi connectivity index (χ2n) is 5.71. The molecule has 0 unspecified atom stereocenters. The minimum absolute atomic E-state index is 0.0592. The lowest BCUT2D eigenvalue weighted by atomic mass is 9.96. The molecule has 2 aliphatic heterocycles. The van der Waals surface area contributed by atoms with Crippen LogP contribution in [-0.2, 0) is 6.42 Å². The third-order valence-corrected chi connectivity index (χ3v) is 4.19. The van der Waals surface area contributed by atoms with Crippen LogP contribution in [0.3, 0.4) is 0 Å². The molecule has 0 radical (unpaired) electrons. The average molecular weight is 290 g/mol. The van der Waals surface area contributed by atoms with E-state index in [1.807, 2.05) is 17.0 Å². The van der Waals surface area contributed by atoms with Crippen LogP contribution in [-0.4, -0.2) is 44.3 Å². The fraction of sp³-hybridized carbons (Fsp3) is 0.562. The molecule has 0 aromatic heterocycles. The number of amides is 2. The number of nitrogens with one attached hydrogen (secondary N) is 1. The Bertz CT molecular complexity index is 512. The van der Waals surface area contributed by atoms with Crippen LogP contribution >= 0.6 is 0 Å². The van der Waals surface area contributed by atoms with Gasteiger partial charge >= 0.3 is 6.03 Å². The van der Waals surface area contributed by atoms with E-state index in [-0.39, 0.29) is 6.03 Å². The zero-order valence-electron chi connectivity index (χ0n) is 12.4. The summed E-state index contributed by atoms with van der Waals surface area (Å²) in [6.45, 7) is 3.04. The fourth-order valence-corrected chi connectivity index (χ4v) is 3.01. The van der Waals surface area contributed by atoms with E-state index in [2.05, 4.69) is 11.4 Å². The van der Waals surface area contributed by atoms with Crippen LogP contribution in [0.5, 0.6) is 11.5 Å². The van der Waals surface area contributed by atoms with Gasteiger partial charge < -0.3 is 19.7 Å². The van der Waals surface area contributed by atoms with E-state index in [9.17, 15) is 4.79 Å². The normalized spacial score (nSPS) is 20.6. The molecule has 1 aromatic carbocycles. The molecule has 1 atom stereocenters. The van der Waals surface area contributed by atoms with Crippen molar-refractivity contribution in [3.8, 4) is 11.5 Å². The number of likely N-dealkylation sites (tertiary alicyclic amines) is 1. The number of hydrogen-bond acceptors (Lipinski definition) is 3. The second kappa shape index (κ2) is 6.24. The van der Waals surface area contributed by atoms with Crippen molar-refractivity contribution in [1.82, 2.24) is 10.2 Å². The third kappa shape index (κ3) is 3.06. The van der Waals surface area contributed by atoms with E-state index >= 15 is 0 Å². The highest BCUT2D eigenvalue weighted by atomic mass is 16.5. The van der Waals surface area contributed by atoms with Gasteiger partial charge in [0, 0.05) is 25.6 Å². The highest BCUT2D eigenvalue weighted by Gasteiger charge is 2.24. The Kier molecular flexibility index (Phi) is 4.18. The molecule has 114 valence electrons. The van der Waals surface area contributed by atoms with Crippen LogP contribution in [0.4, 0.5) is 4.79 Å². The van der Waals surface area contributed by atoms with E-state index in [0.29, 0.717) is 19.1 Å². The van der Waals surface area contributed by atoms with E-state index < -0.39 is 0 Å². The standard InChI is InChI=1S/C16H22N2O3/c1-20-14-6-4-5-13-9-12(11-21-15(13)14)10-17-16(19)18-7-2-3-8-18/h4-6,12H,2-3,7-11H2,1H3,(H,17,19)/t12-/m1/s1. The summed E-state index contributed by atoms with van der Waals surface area (Å²) in [5.41, 5.74) is 1.15. The van der Waals surface area contributed by atoms with Crippen molar-refractivity contribution in [2.45, 2.75) is 19.3 Å². The van der Waals surface area contributed by atoms with E-state index in [1.54, 1.807) is 7.11 Å². The Morgan fingerprint density at radius 1 is 1.43 bits per heavy atom. The number of carbonyl (C=O) groups is 1. The minimum Gasteiger partial charge on any atom is -0.493 e. The number of carbonyl (C=O) groups excluding carboxylic acids is 1. The lowest BCUT2D eigenvalue weighted by molar-refractivity contribution is 0.191. The molecule has 3 rings (SSSR count). The summed E-state index contributed by atoms with van der Waals surface area (Å²) >= 11 is 0. The van der Waals surface area contributed by atoms with E-state index in [0.717, 1.165) is 49.4 Å². The number of fused-ring (bicyclic) bond motifs is 1. The van der Waals surface area contributed by atoms with Crippen molar-refractivity contribution in [2.75, 3.05) is 33.4 Å². The summed E-state index contributed by atoms with van der Waals surface area (Å²) in [7, 11) is 1.65. The number of urea groups is 1. The Balaban J connectivity index is 1.55. The van der Waals surface area contributed by atoms with Crippen molar-refractivity contribution >= 4 is 6.03 Å². The molecule has 1 saturated heterocycles.